The zero-order chi connectivity index (χ0) is 11.4. The Labute approximate surface area is 95.7 Å². The highest BCUT2D eigenvalue weighted by molar-refractivity contribution is 5.01. The first-order valence-corrected chi connectivity index (χ1v) is 5.79. The van der Waals surface area contributed by atoms with Gasteiger partial charge in [0.15, 0.2) is 0 Å². The zero-order valence-electron chi connectivity index (χ0n) is 9.62. The molecule has 1 aromatic heterocycles. The second kappa shape index (κ2) is 4.67. The Hall–Kier alpha value is -1.34. The van der Waals surface area contributed by atoms with E-state index in [0.717, 1.165) is 24.6 Å². The minimum Gasteiger partial charge on any atom is -0.444 e. The molecule has 0 atom stereocenters. The highest BCUT2D eigenvalue weighted by Gasteiger charge is 2.41. The van der Waals surface area contributed by atoms with Crippen molar-refractivity contribution >= 4 is 0 Å². The number of hydrogen-bond donors (Lipinski definition) is 1. The van der Waals surface area contributed by atoms with Crippen LogP contribution >= 0.6 is 0 Å². The average molecular weight is 219 g/mol. The van der Waals surface area contributed by atoms with E-state index >= 15 is 0 Å². The Morgan fingerprint density at radius 2 is 2.44 bits per heavy atom. The molecule has 0 spiro atoms. The second-order valence-corrected chi connectivity index (χ2v) is 4.51. The molecule has 0 amide bonds. The number of aryl methyl sites for hydroxylation is 1. The molecule has 0 aliphatic heterocycles. The summed E-state index contributed by atoms with van der Waals surface area (Å²) >= 11 is 0. The first kappa shape index (κ1) is 11.2. The smallest absolute Gasteiger partial charge is 0.208 e. The van der Waals surface area contributed by atoms with Crippen molar-refractivity contribution in [3.05, 3.63) is 17.8 Å². The normalized spacial score (nSPS) is 17.0. The van der Waals surface area contributed by atoms with Gasteiger partial charge in [-0.1, -0.05) is 6.92 Å². The fourth-order valence-electron chi connectivity index (χ4n) is 1.79. The number of rotatable bonds is 6. The first-order chi connectivity index (χ1) is 7.78. The van der Waals surface area contributed by atoms with E-state index in [-0.39, 0.29) is 5.41 Å². The van der Waals surface area contributed by atoms with Gasteiger partial charge in [0.05, 0.1) is 18.8 Å². The lowest BCUT2D eigenvalue weighted by atomic mass is 10.0. The molecule has 0 aromatic carbocycles. The minimum absolute atomic E-state index is 0.245. The van der Waals surface area contributed by atoms with Gasteiger partial charge in [0.2, 0.25) is 5.89 Å². The van der Waals surface area contributed by atoms with Crippen molar-refractivity contribution in [1.29, 1.82) is 5.26 Å². The molecular formula is C12H17N3O. The fraction of sp³-hybridized carbons (Fsp3) is 0.667. The van der Waals surface area contributed by atoms with Gasteiger partial charge in [-0.15, -0.1) is 0 Å². The number of oxazole rings is 1. The molecule has 1 aromatic rings. The first-order valence-electron chi connectivity index (χ1n) is 5.79. The molecule has 1 aliphatic carbocycles. The lowest BCUT2D eigenvalue weighted by molar-refractivity contribution is 0.409. The maximum Gasteiger partial charge on any atom is 0.208 e. The Morgan fingerprint density at radius 1 is 1.62 bits per heavy atom. The van der Waals surface area contributed by atoms with Crippen LogP contribution in [0.3, 0.4) is 0 Å². The predicted molar refractivity (Wildman–Crippen MR) is 59.5 cm³/mol. The zero-order valence-corrected chi connectivity index (χ0v) is 9.62. The van der Waals surface area contributed by atoms with Crippen LogP contribution in [-0.4, -0.2) is 11.5 Å². The van der Waals surface area contributed by atoms with Crippen LogP contribution in [0.25, 0.3) is 0 Å². The molecule has 16 heavy (non-hydrogen) atoms. The van der Waals surface area contributed by atoms with Crippen LogP contribution in [0, 0.1) is 16.7 Å². The van der Waals surface area contributed by atoms with Crippen LogP contribution in [0.5, 0.6) is 0 Å². The van der Waals surface area contributed by atoms with E-state index in [4.69, 9.17) is 9.68 Å². The molecule has 0 unspecified atom stereocenters. The Bertz CT molecular complexity index is 387. The Morgan fingerprint density at radius 3 is 3.00 bits per heavy atom. The van der Waals surface area contributed by atoms with E-state index in [1.807, 2.05) is 6.92 Å². The molecule has 1 aliphatic rings. The van der Waals surface area contributed by atoms with Gasteiger partial charge in [-0.25, -0.2) is 4.98 Å². The van der Waals surface area contributed by atoms with Crippen molar-refractivity contribution in [1.82, 2.24) is 10.3 Å². The summed E-state index contributed by atoms with van der Waals surface area (Å²) in [5, 5.41) is 12.0. The van der Waals surface area contributed by atoms with Crippen molar-refractivity contribution in [3.8, 4) is 6.07 Å². The van der Waals surface area contributed by atoms with Crippen LogP contribution in [0.2, 0.25) is 0 Å². The second-order valence-electron chi connectivity index (χ2n) is 4.51. The van der Waals surface area contributed by atoms with Crippen molar-refractivity contribution in [2.75, 3.05) is 6.54 Å². The van der Waals surface area contributed by atoms with Gasteiger partial charge in [-0.05, 0) is 18.3 Å². The highest BCUT2D eigenvalue weighted by Crippen LogP contribution is 2.47. The van der Waals surface area contributed by atoms with Gasteiger partial charge in [0.1, 0.15) is 5.76 Å². The van der Waals surface area contributed by atoms with Crippen LogP contribution < -0.4 is 5.32 Å². The average Bonchev–Trinajstić information content (AvgIpc) is 2.89. The molecule has 1 fully saturated rings. The lowest BCUT2D eigenvalue weighted by Crippen LogP contribution is -2.23. The molecule has 0 bridgehead atoms. The predicted octanol–water partition coefficient (Wildman–Crippen LogP) is 2.02. The summed E-state index contributed by atoms with van der Waals surface area (Å²) in [6, 6.07) is 2.25. The summed E-state index contributed by atoms with van der Waals surface area (Å²) in [7, 11) is 0. The summed E-state index contributed by atoms with van der Waals surface area (Å²) in [5.41, 5.74) is 0.245. The monoisotopic (exact) mass is 219 g/mol. The van der Waals surface area contributed by atoms with Gasteiger partial charge in [0, 0.05) is 19.4 Å². The number of nitrogens with zero attached hydrogens (tertiary/aromatic N) is 2. The van der Waals surface area contributed by atoms with E-state index in [1.54, 1.807) is 6.20 Å². The number of hydrogen-bond acceptors (Lipinski definition) is 4. The van der Waals surface area contributed by atoms with Crippen molar-refractivity contribution in [2.24, 2.45) is 5.41 Å². The molecule has 4 heteroatoms. The number of aromatic nitrogens is 1. The summed E-state index contributed by atoms with van der Waals surface area (Å²) in [4.78, 5) is 4.18. The molecule has 0 radical (unpaired) electrons. The summed E-state index contributed by atoms with van der Waals surface area (Å²) in [6.07, 6.45) is 5.65. The minimum atomic E-state index is 0.245. The molecule has 4 nitrogen and oxygen atoms in total. The molecule has 1 heterocycles. The molecule has 86 valence electrons. The summed E-state index contributed by atoms with van der Waals surface area (Å²) in [5.74, 6) is 1.67. The van der Waals surface area contributed by atoms with Crippen LogP contribution in [-0.2, 0) is 13.0 Å². The van der Waals surface area contributed by atoms with Gasteiger partial charge in [0.25, 0.3) is 0 Å². The van der Waals surface area contributed by atoms with Gasteiger partial charge >= 0.3 is 0 Å². The topological polar surface area (TPSA) is 61.9 Å². The summed E-state index contributed by atoms with van der Waals surface area (Å²) in [6.45, 7) is 3.60. The van der Waals surface area contributed by atoms with Gasteiger partial charge < -0.3 is 9.73 Å². The Kier molecular flexibility index (Phi) is 3.25. The van der Waals surface area contributed by atoms with Crippen LogP contribution in [0.4, 0.5) is 0 Å². The SMILES string of the molecule is CCc1cnc(CNCC2(CC#N)CC2)o1. The van der Waals surface area contributed by atoms with E-state index in [0.29, 0.717) is 13.0 Å². The van der Waals surface area contributed by atoms with E-state index in [9.17, 15) is 0 Å². The van der Waals surface area contributed by atoms with Crippen molar-refractivity contribution < 1.29 is 4.42 Å². The highest BCUT2D eigenvalue weighted by atomic mass is 16.4. The lowest BCUT2D eigenvalue weighted by Gasteiger charge is -2.10. The largest absolute Gasteiger partial charge is 0.444 e. The third kappa shape index (κ3) is 2.61. The maximum absolute atomic E-state index is 8.68. The fourth-order valence-corrected chi connectivity index (χ4v) is 1.79. The van der Waals surface area contributed by atoms with Crippen molar-refractivity contribution in [3.63, 3.8) is 0 Å². The number of nitriles is 1. The molecule has 2 rings (SSSR count). The third-order valence-corrected chi connectivity index (χ3v) is 3.14. The Balaban J connectivity index is 1.74. The van der Waals surface area contributed by atoms with E-state index in [1.165, 1.54) is 12.8 Å². The van der Waals surface area contributed by atoms with Crippen LogP contribution in [0.1, 0.15) is 37.8 Å². The molecular weight excluding hydrogens is 202 g/mol. The third-order valence-electron chi connectivity index (χ3n) is 3.14. The van der Waals surface area contributed by atoms with E-state index < -0.39 is 0 Å². The quantitative estimate of drug-likeness (QED) is 0.795. The van der Waals surface area contributed by atoms with E-state index in [2.05, 4.69) is 16.4 Å². The van der Waals surface area contributed by atoms with Crippen LogP contribution in [0.15, 0.2) is 10.6 Å². The van der Waals surface area contributed by atoms with Gasteiger partial charge in [-0.3, -0.25) is 0 Å². The molecule has 0 saturated heterocycles. The maximum atomic E-state index is 8.68. The molecule has 1 saturated carbocycles. The van der Waals surface area contributed by atoms with Crippen molar-refractivity contribution in [2.45, 2.75) is 39.2 Å². The van der Waals surface area contributed by atoms with Gasteiger partial charge in [-0.2, -0.15) is 5.26 Å². The standard InChI is InChI=1S/C12H17N3O/c1-2-10-7-15-11(16-10)8-14-9-12(3-4-12)5-6-13/h7,14H,2-5,8-9H2,1H3. The molecule has 1 N–H and O–H groups in total. The number of nitrogens with one attached hydrogen (secondary N) is 1. The summed E-state index contributed by atoms with van der Waals surface area (Å²) < 4.78 is 5.49.